The average molecular weight is 481 g/mol. The molecule has 2 aromatic rings. The third-order valence-corrected chi connectivity index (χ3v) is 5.94. The number of carboxylic acid groups (broad SMARTS) is 1. The topological polar surface area (TPSA) is 88.1 Å². The van der Waals surface area contributed by atoms with E-state index < -0.39 is 12.1 Å². The highest BCUT2D eigenvalue weighted by Gasteiger charge is 2.21. The third-order valence-electron chi connectivity index (χ3n) is 5.20. The number of halogens is 2. The number of likely N-dealkylation sites (tertiary alicyclic amines) is 1. The average Bonchev–Trinajstić information content (AvgIpc) is 2.77. The van der Waals surface area contributed by atoms with Crippen LogP contribution in [0.1, 0.15) is 30.1 Å². The molecule has 0 aromatic heterocycles. The Hall–Kier alpha value is -2.48. The van der Waals surface area contributed by atoms with E-state index in [-0.39, 0.29) is 12.0 Å². The van der Waals surface area contributed by atoms with Gasteiger partial charge in [-0.3, -0.25) is 4.79 Å². The molecule has 0 bridgehead atoms. The molecule has 1 aliphatic heterocycles. The molecule has 0 spiro atoms. The SMILES string of the molecule is CC(Oc1cccc(C(=O)NCCN2CCC(Oc3ccc(Cl)c(Cl)c3)CC2)c1)C(=O)O. The Morgan fingerprint density at radius 1 is 1.12 bits per heavy atom. The van der Waals surface area contributed by atoms with E-state index in [1.165, 1.54) is 6.92 Å². The van der Waals surface area contributed by atoms with Crippen molar-refractivity contribution in [1.82, 2.24) is 10.2 Å². The van der Waals surface area contributed by atoms with Crippen LogP contribution in [0.4, 0.5) is 0 Å². The summed E-state index contributed by atoms with van der Waals surface area (Å²) in [6.07, 6.45) is 0.899. The molecule has 1 aliphatic rings. The van der Waals surface area contributed by atoms with Crippen molar-refractivity contribution in [1.29, 1.82) is 0 Å². The quantitative estimate of drug-likeness (QED) is 0.561. The van der Waals surface area contributed by atoms with Gasteiger partial charge < -0.3 is 24.8 Å². The van der Waals surface area contributed by atoms with Gasteiger partial charge in [-0.05, 0) is 50.1 Å². The van der Waals surface area contributed by atoms with Crippen molar-refractivity contribution in [2.45, 2.75) is 32.0 Å². The molecule has 172 valence electrons. The molecule has 3 rings (SSSR count). The second kappa shape index (κ2) is 11.4. The summed E-state index contributed by atoms with van der Waals surface area (Å²) in [5.74, 6) is -0.229. The van der Waals surface area contributed by atoms with E-state index in [0.717, 1.165) is 32.5 Å². The van der Waals surface area contributed by atoms with Crippen LogP contribution in [0.15, 0.2) is 42.5 Å². The summed E-state index contributed by atoms with van der Waals surface area (Å²) in [6.45, 7) is 4.43. The minimum atomic E-state index is -1.06. The summed E-state index contributed by atoms with van der Waals surface area (Å²) in [5.41, 5.74) is 0.425. The Labute approximate surface area is 197 Å². The zero-order chi connectivity index (χ0) is 23.1. The molecule has 0 radical (unpaired) electrons. The van der Waals surface area contributed by atoms with E-state index in [2.05, 4.69) is 10.2 Å². The zero-order valence-electron chi connectivity index (χ0n) is 17.7. The van der Waals surface area contributed by atoms with E-state index in [4.69, 9.17) is 37.8 Å². The minimum absolute atomic E-state index is 0.119. The van der Waals surface area contributed by atoms with Crippen molar-refractivity contribution in [3.63, 3.8) is 0 Å². The molecule has 1 saturated heterocycles. The number of amides is 1. The standard InChI is InChI=1S/C23H26Cl2N2O5/c1-15(23(29)30)31-18-4-2-3-16(13-18)22(28)26-9-12-27-10-7-17(8-11-27)32-19-5-6-20(24)21(25)14-19/h2-6,13-15,17H,7-12H2,1H3,(H,26,28)(H,29,30). The van der Waals surface area contributed by atoms with Crippen LogP contribution in [0.2, 0.25) is 10.0 Å². The fraction of sp³-hybridized carbons (Fsp3) is 0.391. The van der Waals surface area contributed by atoms with Crippen LogP contribution < -0.4 is 14.8 Å². The highest BCUT2D eigenvalue weighted by atomic mass is 35.5. The minimum Gasteiger partial charge on any atom is -0.490 e. The van der Waals surface area contributed by atoms with Gasteiger partial charge in [0.25, 0.3) is 5.91 Å². The van der Waals surface area contributed by atoms with Crippen molar-refractivity contribution in [2.75, 3.05) is 26.2 Å². The highest BCUT2D eigenvalue weighted by molar-refractivity contribution is 6.42. The molecule has 0 aliphatic carbocycles. The van der Waals surface area contributed by atoms with Crippen molar-refractivity contribution in [2.24, 2.45) is 0 Å². The summed E-state index contributed by atoms with van der Waals surface area (Å²) in [6, 6.07) is 11.8. The molecular formula is C23H26Cl2N2O5. The molecule has 1 fully saturated rings. The second-order valence-corrected chi connectivity index (χ2v) is 8.43. The lowest BCUT2D eigenvalue weighted by Crippen LogP contribution is -2.42. The maximum Gasteiger partial charge on any atom is 0.344 e. The van der Waals surface area contributed by atoms with Crippen LogP contribution >= 0.6 is 23.2 Å². The van der Waals surface area contributed by atoms with Gasteiger partial charge in [0.1, 0.15) is 17.6 Å². The lowest BCUT2D eigenvalue weighted by molar-refractivity contribution is -0.144. The van der Waals surface area contributed by atoms with Gasteiger partial charge in [-0.1, -0.05) is 29.3 Å². The van der Waals surface area contributed by atoms with Crippen LogP contribution in [-0.2, 0) is 4.79 Å². The van der Waals surface area contributed by atoms with Crippen LogP contribution in [-0.4, -0.2) is 60.3 Å². The fourth-order valence-corrected chi connectivity index (χ4v) is 3.68. The molecule has 0 saturated carbocycles. The Morgan fingerprint density at radius 3 is 2.56 bits per heavy atom. The fourth-order valence-electron chi connectivity index (χ4n) is 3.39. The second-order valence-electron chi connectivity index (χ2n) is 7.62. The lowest BCUT2D eigenvalue weighted by atomic mass is 10.1. The number of hydrogen-bond donors (Lipinski definition) is 2. The highest BCUT2D eigenvalue weighted by Crippen LogP contribution is 2.28. The maximum atomic E-state index is 12.4. The van der Waals surface area contributed by atoms with Gasteiger partial charge >= 0.3 is 5.97 Å². The van der Waals surface area contributed by atoms with E-state index in [0.29, 0.717) is 33.7 Å². The van der Waals surface area contributed by atoms with Crippen LogP contribution in [0, 0.1) is 0 Å². The van der Waals surface area contributed by atoms with E-state index in [1.807, 2.05) is 6.07 Å². The number of hydrogen-bond acceptors (Lipinski definition) is 5. The van der Waals surface area contributed by atoms with Gasteiger partial charge in [-0.25, -0.2) is 4.79 Å². The largest absolute Gasteiger partial charge is 0.490 e. The van der Waals surface area contributed by atoms with Crippen LogP contribution in [0.3, 0.4) is 0 Å². The first-order chi connectivity index (χ1) is 15.3. The smallest absolute Gasteiger partial charge is 0.344 e. The van der Waals surface area contributed by atoms with Gasteiger partial charge in [0.05, 0.1) is 10.0 Å². The predicted molar refractivity (Wildman–Crippen MR) is 123 cm³/mol. The molecule has 9 heteroatoms. The number of benzene rings is 2. The number of piperidine rings is 1. The Bertz CT molecular complexity index is 948. The molecule has 1 unspecified atom stereocenters. The summed E-state index contributed by atoms with van der Waals surface area (Å²) < 4.78 is 11.3. The molecule has 1 heterocycles. The molecule has 2 N–H and O–H groups in total. The Balaban J connectivity index is 1.39. The number of nitrogens with one attached hydrogen (secondary N) is 1. The van der Waals surface area contributed by atoms with Gasteiger partial charge in [-0.15, -0.1) is 0 Å². The molecule has 7 nitrogen and oxygen atoms in total. The first kappa shape index (κ1) is 24.2. The Morgan fingerprint density at radius 2 is 1.88 bits per heavy atom. The van der Waals surface area contributed by atoms with Gasteiger partial charge in [0.2, 0.25) is 0 Å². The van der Waals surface area contributed by atoms with Crippen molar-refractivity contribution in [3.05, 3.63) is 58.1 Å². The molecule has 2 aromatic carbocycles. The van der Waals surface area contributed by atoms with Crippen LogP contribution in [0.25, 0.3) is 0 Å². The zero-order valence-corrected chi connectivity index (χ0v) is 19.2. The van der Waals surface area contributed by atoms with E-state index >= 15 is 0 Å². The maximum absolute atomic E-state index is 12.4. The number of ether oxygens (including phenoxy) is 2. The molecule has 32 heavy (non-hydrogen) atoms. The summed E-state index contributed by atoms with van der Waals surface area (Å²) >= 11 is 12.0. The monoisotopic (exact) mass is 480 g/mol. The van der Waals surface area contributed by atoms with Crippen molar-refractivity contribution in [3.8, 4) is 11.5 Å². The third kappa shape index (κ3) is 7.02. The summed E-state index contributed by atoms with van der Waals surface area (Å²) in [7, 11) is 0. The number of carbonyl (C=O) groups is 2. The van der Waals surface area contributed by atoms with Crippen molar-refractivity contribution < 1.29 is 24.2 Å². The summed E-state index contributed by atoms with van der Waals surface area (Å²) in [4.78, 5) is 25.6. The number of carbonyl (C=O) groups excluding carboxylic acids is 1. The normalized spacial score (nSPS) is 15.7. The van der Waals surface area contributed by atoms with Gasteiger partial charge in [0, 0.05) is 37.8 Å². The van der Waals surface area contributed by atoms with E-state index in [9.17, 15) is 9.59 Å². The first-order valence-corrected chi connectivity index (χ1v) is 11.2. The first-order valence-electron chi connectivity index (χ1n) is 10.4. The van der Waals surface area contributed by atoms with Crippen LogP contribution in [0.5, 0.6) is 11.5 Å². The predicted octanol–water partition coefficient (Wildman–Crippen LogP) is 4.12. The number of aliphatic carboxylic acids is 1. The molecular weight excluding hydrogens is 455 g/mol. The number of nitrogens with zero attached hydrogens (tertiary/aromatic N) is 1. The lowest BCUT2D eigenvalue weighted by Gasteiger charge is -2.32. The Kier molecular flexibility index (Phi) is 8.61. The number of rotatable bonds is 9. The van der Waals surface area contributed by atoms with Crippen molar-refractivity contribution >= 4 is 35.1 Å². The summed E-state index contributed by atoms with van der Waals surface area (Å²) in [5, 5.41) is 12.8. The van der Waals surface area contributed by atoms with Gasteiger partial charge in [0.15, 0.2) is 6.10 Å². The molecule has 1 atom stereocenters. The number of carboxylic acids is 1. The van der Waals surface area contributed by atoms with E-state index in [1.54, 1.807) is 36.4 Å². The molecule has 1 amide bonds. The van der Waals surface area contributed by atoms with Gasteiger partial charge in [-0.2, -0.15) is 0 Å².